The second kappa shape index (κ2) is 11.3. The first-order chi connectivity index (χ1) is 19.7. The Bertz CT molecular complexity index is 1880. The minimum Gasteiger partial charge on any atom is -0.493 e. The van der Waals surface area contributed by atoms with Gasteiger partial charge in [0.15, 0.2) is 17.2 Å². The number of aromatic nitrogens is 3. The Morgan fingerprint density at radius 2 is 1.54 bits per heavy atom. The average Bonchev–Trinajstić information content (AvgIpc) is 3.19. The number of ether oxygens (including phenoxy) is 4. The van der Waals surface area contributed by atoms with Crippen molar-refractivity contribution in [2.24, 2.45) is 14.1 Å². The highest BCUT2D eigenvalue weighted by atomic mass is 32.2. The maximum absolute atomic E-state index is 13.5. The smallest absolute Gasteiger partial charge is 0.328 e. The molecule has 2 aromatic heterocycles. The van der Waals surface area contributed by atoms with Crippen LogP contribution in [0.3, 0.4) is 0 Å². The molecule has 2 heterocycles. The van der Waals surface area contributed by atoms with E-state index in [0.29, 0.717) is 28.3 Å². The molecule has 3 aromatic carbocycles. The van der Waals surface area contributed by atoms with Gasteiger partial charge in [-0.3, -0.25) is 18.8 Å². The van der Waals surface area contributed by atoms with Gasteiger partial charge in [-0.2, -0.15) is 0 Å². The number of benzene rings is 3. The van der Waals surface area contributed by atoms with Crippen molar-refractivity contribution in [2.75, 3.05) is 18.9 Å². The van der Waals surface area contributed by atoms with E-state index < -0.39 is 10.0 Å². The second-order valence-corrected chi connectivity index (χ2v) is 10.7. The van der Waals surface area contributed by atoms with Gasteiger partial charge in [0.2, 0.25) is 0 Å². The van der Waals surface area contributed by atoms with Crippen LogP contribution in [0.25, 0.3) is 11.0 Å². The van der Waals surface area contributed by atoms with Crippen molar-refractivity contribution in [3.05, 3.63) is 95.2 Å². The zero-order valence-electron chi connectivity index (χ0n) is 22.8. The van der Waals surface area contributed by atoms with Crippen LogP contribution >= 0.6 is 0 Å². The number of imidazole rings is 1. The van der Waals surface area contributed by atoms with Gasteiger partial charge in [0.05, 0.1) is 41.5 Å². The zero-order valence-corrected chi connectivity index (χ0v) is 23.6. The Labute approximate surface area is 236 Å². The third-order valence-electron chi connectivity index (χ3n) is 6.43. The summed E-state index contributed by atoms with van der Waals surface area (Å²) in [6.07, 6.45) is 1.69. The van der Waals surface area contributed by atoms with Crippen molar-refractivity contribution in [3.63, 3.8) is 0 Å². The molecule has 0 aliphatic rings. The molecule has 0 saturated heterocycles. The van der Waals surface area contributed by atoms with Gasteiger partial charge >= 0.3 is 5.69 Å². The SMILES string of the molecule is COc1ccc(S(=O)(=O)Nc2cc3c(cc2Oc2cccc(OCc4ccccn4)c2)n(C)c(=O)n3C)cc1OC. The Morgan fingerprint density at radius 3 is 2.24 bits per heavy atom. The highest BCUT2D eigenvalue weighted by Gasteiger charge is 2.22. The van der Waals surface area contributed by atoms with E-state index in [2.05, 4.69) is 9.71 Å². The summed E-state index contributed by atoms with van der Waals surface area (Å²) in [6.45, 7) is 0.263. The first-order valence-electron chi connectivity index (χ1n) is 12.4. The summed E-state index contributed by atoms with van der Waals surface area (Å²) in [6, 6.07) is 20.0. The van der Waals surface area contributed by atoms with Crippen LogP contribution in [0.1, 0.15) is 5.69 Å². The van der Waals surface area contributed by atoms with E-state index in [1.54, 1.807) is 56.7 Å². The number of sulfonamides is 1. The number of aryl methyl sites for hydroxylation is 2. The van der Waals surface area contributed by atoms with Crippen molar-refractivity contribution in [1.82, 2.24) is 14.1 Å². The third kappa shape index (κ3) is 5.68. The van der Waals surface area contributed by atoms with Gasteiger partial charge < -0.3 is 18.9 Å². The molecule has 0 aliphatic carbocycles. The molecule has 0 radical (unpaired) electrons. The number of hydrogen-bond acceptors (Lipinski definition) is 8. The van der Waals surface area contributed by atoms with E-state index in [1.165, 1.54) is 41.6 Å². The number of hydrogen-bond donors (Lipinski definition) is 1. The molecule has 0 fully saturated rings. The molecule has 11 nitrogen and oxygen atoms in total. The molecule has 212 valence electrons. The number of rotatable bonds is 10. The number of anilines is 1. The Balaban J connectivity index is 1.51. The monoisotopic (exact) mass is 576 g/mol. The van der Waals surface area contributed by atoms with Crippen molar-refractivity contribution >= 4 is 26.7 Å². The summed E-state index contributed by atoms with van der Waals surface area (Å²) in [5.41, 5.74) is 1.71. The molecule has 0 spiro atoms. The van der Waals surface area contributed by atoms with Crippen LogP contribution in [0.15, 0.2) is 88.7 Å². The molecule has 1 N–H and O–H groups in total. The maximum Gasteiger partial charge on any atom is 0.328 e. The van der Waals surface area contributed by atoms with Crippen LogP contribution in [0.5, 0.6) is 28.7 Å². The van der Waals surface area contributed by atoms with E-state index in [0.717, 1.165) is 5.69 Å². The van der Waals surface area contributed by atoms with E-state index in [1.807, 2.05) is 18.2 Å². The summed E-state index contributed by atoms with van der Waals surface area (Å²) in [7, 11) is 2.02. The fourth-order valence-corrected chi connectivity index (χ4v) is 5.35. The molecule has 12 heteroatoms. The van der Waals surface area contributed by atoms with Crippen LogP contribution in [0, 0.1) is 0 Å². The van der Waals surface area contributed by atoms with Gasteiger partial charge in [-0.1, -0.05) is 12.1 Å². The highest BCUT2D eigenvalue weighted by molar-refractivity contribution is 7.92. The van der Waals surface area contributed by atoms with Gasteiger partial charge in [-0.25, -0.2) is 13.2 Å². The molecule has 0 saturated carbocycles. The van der Waals surface area contributed by atoms with E-state index >= 15 is 0 Å². The molecule has 0 atom stereocenters. The summed E-state index contributed by atoms with van der Waals surface area (Å²) in [4.78, 5) is 16.8. The predicted molar refractivity (Wildman–Crippen MR) is 154 cm³/mol. The van der Waals surface area contributed by atoms with Crippen molar-refractivity contribution in [3.8, 4) is 28.7 Å². The van der Waals surface area contributed by atoms with Gasteiger partial charge in [0.1, 0.15) is 18.1 Å². The summed E-state index contributed by atoms with van der Waals surface area (Å²) in [5.74, 6) is 1.77. The fourth-order valence-electron chi connectivity index (χ4n) is 4.27. The molecule has 0 unspecified atom stereocenters. The maximum atomic E-state index is 13.5. The zero-order chi connectivity index (χ0) is 29.1. The minimum absolute atomic E-state index is 0.0481. The van der Waals surface area contributed by atoms with Crippen LogP contribution < -0.4 is 29.4 Å². The Morgan fingerprint density at radius 1 is 0.805 bits per heavy atom. The van der Waals surface area contributed by atoms with Crippen molar-refractivity contribution in [1.29, 1.82) is 0 Å². The molecule has 0 bridgehead atoms. The lowest BCUT2D eigenvalue weighted by Gasteiger charge is -2.16. The lowest BCUT2D eigenvalue weighted by molar-refractivity contribution is 0.300. The normalized spacial score (nSPS) is 11.3. The van der Waals surface area contributed by atoms with Crippen molar-refractivity contribution < 1.29 is 27.4 Å². The first kappa shape index (κ1) is 27.6. The summed E-state index contributed by atoms with van der Waals surface area (Å²) >= 11 is 0. The predicted octanol–water partition coefficient (Wildman–Crippen LogP) is 4.46. The van der Waals surface area contributed by atoms with Gasteiger partial charge in [-0.05, 0) is 42.5 Å². The quantitative estimate of drug-likeness (QED) is 0.259. The molecule has 41 heavy (non-hydrogen) atoms. The van der Waals surface area contributed by atoms with E-state index in [-0.39, 0.29) is 34.4 Å². The first-order valence-corrected chi connectivity index (χ1v) is 13.9. The Kier molecular flexibility index (Phi) is 7.58. The molecule has 5 rings (SSSR count). The van der Waals surface area contributed by atoms with E-state index in [9.17, 15) is 13.2 Å². The number of fused-ring (bicyclic) bond motifs is 1. The molecule has 0 aliphatic heterocycles. The lowest BCUT2D eigenvalue weighted by Crippen LogP contribution is -2.19. The van der Waals surface area contributed by atoms with Crippen LogP contribution in [0.4, 0.5) is 5.69 Å². The summed E-state index contributed by atoms with van der Waals surface area (Å²) < 4.78 is 55.0. The standard InChI is InChI=1S/C29H28N4O7S/c1-32-24-16-23(31-41(35,36)22-11-12-26(37-3)28(15-22)38-4)27(17-25(24)33(2)29(32)34)40-21-10-7-9-20(14-21)39-18-19-8-5-6-13-30-19/h5-17,31H,18H2,1-4H3. The largest absolute Gasteiger partial charge is 0.493 e. The summed E-state index contributed by atoms with van der Waals surface area (Å²) in [5, 5.41) is 0. The number of pyridine rings is 1. The van der Waals surface area contributed by atoms with Gasteiger partial charge in [0.25, 0.3) is 10.0 Å². The minimum atomic E-state index is -4.11. The Hall–Kier alpha value is -4.97. The number of nitrogens with one attached hydrogen (secondary N) is 1. The highest BCUT2D eigenvalue weighted by Crippen LogP contribution is 2.37. The van der Waals surface area contributed by atoms with E-state index in [4.69, 9.17) is 18.9 Å². The average molecular weight is 577 g/mol. The number of methoxy groups -OCH3 is 2. The third-order valence-corrected chi connectivity index (χ3v) is 7.79. The molecule has 5 aromatic rings. The lowest BCUT2D eigenvalue weighted by atomic mass is 10.2. The molecule has 0 amide bonds. The van der Waals surface area contributed by atoms with Crippen LogP contribution in [0.2, 0.25) is 0 Å². The topological polar surface area (TPSA) is 123 Å². The molecular weight excluding hydrogens is 548 g/mol. The van der Waals surface area contributed by atoms with Gasteiger partial charge in [-0.15, -0.1) is 0 Å². The molecular formula is C29H28N4O7S. The fraction of sp³-hybridized carbons (Fsp3) is 0.172. The van der Waals surface area contributed by atoms with Crippen molar-refractivity contribution in [2.45, 2.75) is 11.5 Å². The van der Waals surface area contributed by atoms with Crippen LogP contribution in [-0.4, -0.2) is 36.8 Å². The van der Waals surface area contributed by atoms with Crippen LogP contribution in [-0.2, 0) is 30.7 Å². The van der Waals surface area contributed by atoms with Gasteiger partial charge in [0, 0.05) is 38.5 Å². The second-order valence-electron chi connectivity index (χ2n) is 9.05. The number of nitrogens with zero attached hydrogens (tertiary/aromatic N) is 3.